The van der Waals surface area contributed by atoms with Gasteiger partial charge in [0.15, 0.2) is 0 Å². The summed E-state index contributed by atoms with van der Waals surface area (Å²) in [6, 6.07) is 16.5. The maximum atomic E-state index is 12.4. The lowest BCUT2D eigenvalue weighted by molar-refractivity contribution is 0.566. The molecule has 2 aromatic carbocycles. The monoisotopic (exact) mass is 307 g/mol. The SMILES string of the molecule is O=c1oc2c(cnc3ccccc32)cc1-c1cccc(Cl)c1. The van der Waals surface area contributed by atoms with Crippen LogP contribution in [0.25, 0.3) is 33.0 Å². The van der Waals surface area contributed by atoms with Crippen molar-refractivity contribution >= 4 is 33.5 Å². The minimum Gasteiger partial charge on any atom is -0.421 e. The zero-order valence-electron chi connectivity index (χ0n) is 11.4. The first-order valence-corrected chi connectivity index (χ1v) is 7.18. The number of pyridine rings is 1. The largest absolute Gasteiger partial charge is 0.421 e. The van der Waals surface area contributed by atoms with Crippen molar-refractivity contribution in [3.63, 3.8) is 0 Å². The molecule has 3 nitrogen and oxygen atoms in total. The van der Waals surface area contributed by atoms with Crippen LogP contribution in [-0.4, -0.2) is 4.98 Å². The highest BCUT2D eigenvalue weighted by Gasteiger charge is 2.10. The summed E-state index contributed by atoms with van der Waals surface area (Å²) in [5, 5.41) is 2.19. The van der Waals surface area contributed by atoms with E-state index < -0.39 is 0 Å². The van der Waals surface area contributed by atoms with Gasteiger partial charge in [-0.1, -0.05) is 35.9 Å². The van der Waals surface area contributed by atoms with Gasteiger partial charge >= 0.3 is 5.63 Å². The van der Waals surface area contributed by atoms with E-state index in [-0.39, 0.29) is 5.63 Å². The Morgan fingerprint density at radius 3 is 2.73 bits per heavy atom. The molecule has 4 rings (SSSR count). The number of rotatable bonds is 1. The Morgan fingerprint density at radius 1 is 1.00 bits per heavy atom. The molecule has 0 saturated carbocycles. The van der Waals surface area contributed by atoms with Gasteiger partial charge in [-0.25, -0.2) is 4.79 Å². The maximum absolute atomic E-state index is 12.4. The van der Waals surface area contributed by atoms with E-state index in [1.165, 1.54) is 0 Å². The zero-order valence-corrected chi connectivity index (χ0v) is 12.2. The molecule has 4 heteroatoms. The zero-order chi connectivity index (χ0) is 15.1. The average Bonchev–Trinajstić information content (AvgIpc) is 2.54. The van der Waals surface area contributed by atoms with Crippen LogP contribution in [-0.2, 0) is 0 Å². The number of hydrogen-bond donors (Lipinski definition) is 0. The number of hydrogen-bond acceptors (Lipinski definition) is 3. The lowest BCUT2D eigenvalue weighted by Crippen LogP contribution is -2.03. The van der Waals surface area contributed by atoms with E-state index in [9.17, 15) is 4.79 Å². The van der Waals surface area contributed by atoms with Crippen LogP contribution in [0.2, 0.25) is 5.02 Å². The third-order valence-corrected chi connectivity index (χ3v) is 3.84. The van der Waals surface area contributed by atoms with Crippen molar-refractivity contribution in [3.8, 4) is 11.1 Å². The number of para-hydroxylation sites is 1. The van der Waals surface area contributed by atoms with E-state index in [1.807, 2.05) is 30.3 Å². The van der Waals surface area contributed by atoms with Gasteiger partial charge in [-0.05, 0) is 35.9 Å². The number of fused-ring (bicyclic) bond motifs is 3. The molecule has 0 radical (unpaired) electrons. The molecular weight excluding hydrogens is 298 g/mol. The maximum Gasteiger partial charge on any atom is 0.344 e. The van der Waals surface area contributed by atoms with Crippen molar-refractivity contribution in [2.75, 3.05) is 0 Å². The van der Waals surface area contributed by atoms with Crippen LogP contribution in [0.1, 0.15) is 0 Å². The van der Waals surface area contributed by atoms with Crippen LogP contribution in [0.4, 0.5) is 0 Å². The Balaban J connectivity index is 2.05. The summed E-state index contributed by atoms with van der Waals surface area (Å²) >= 11 is 6.00. The third-order valence-electron chi connectivity index (χ3n) is 3.60. The van der Waals surface area contributed by atoms with Crippen LogP contribution in [0, 0.1) is 0 Å². The van der Waals surface area contributed by atoms with Gasteiger partial charge in [0.25, 0.3) is 0 Å². The molecule has 0 bridgehead atoms. The van der Waals surface area contributed by atoms with E-state index in [4.69, 9.17) is 16.0 Å². The van der Waals surface area contributed by atoms with Gasteiger partial charge in [-0.2, -0.15) is 0 Å². The van der Waals surface area contributed by atoms with Gasteiger partial charge in [-0.3, -0.25) is 4.98 Å². The summed E-state index contributed by atoms with van der Waals surface area (Å²) in [7, 11) is 0. The third kappa shape index (κ3) is 2.07. The van der Waals surface area contributed by atoms with E-state index in [0.29, 0.717) is 16.2 Å². The van der Waals surface area contributed by atoms with Gasteiger partial charge in [0.05, 0.1) is 11.1 Å². The highest BCUT2D eigenvalue weighted by molar-refractivity contribution is 6.30. The summed E-state index contributed by atoms with van der Waals surface area (Å²) in [5.41, 5.74) is 2.18. The number of nitrogens with zero attached hydrogens (tertiary/aromatic N) is 1. The molecule has 0 unspecified atom stereocenters. The molecule has 0 atom stereocenters. The first kappa shape index (κ1) is 13.0. The van der Waals surface area contributed by atoms with Gasteiger partial charge in [0, 0.05) is 22.0 Å². The second kappa shape index (κ2) is 4.97. The molecule has 0 spiro atoms. The van der Waals surface area contributed by atoms with E-state index in [2.05, 4.69) is 4.98 Å². The molecule has 0 aliphatic heterocycles. The van der Waals surface area contributed by atoms with Gasteiger partial charge in [0.2, 0.25) is 0 Å². The Labute approximate surface area is 130 Å². The van der Waals surface area contributed by atoms with Crippen LogP contribution in [0.5, 0.6) is 0 Å². The summed E-state index contributed by atoms with van der Waals surface area (Å²) in [6.45, 7) is 0. The first-order chi connectivity index (χ1) is 10.7. The predicted molar refractivity (Wildman–Crippen MR) is 88.2 cm³/mol. The Morgan fingerprint density at radius 2 is 1.86 bits per heavy atom. The molecular formula is C18H10ClNO2. The lowest BCUT2D eigenvalue weighted by Gasteiger charge is -2.05. The molecule has 0 fully saturated rings. The summed E-state index contributed by atoms with van der Waals surface area (Å²) in [4.78, 5) is 16.8. The van der Waals surface area contributed by atoms with Gasteiger partial charge < -0.3 is 4.42 Å². The molecule has 0 N–H and O–H groups in total. The molecule has 22 heavy (non-hydrogen) atoms. The quantitative estimate of drug-likeness (QED) is 0.480. The average molecular weight is 308 g/mol. The molecule has 0 saturated heterocycles. The minimum absolute atomic E-state index is 0.383. The number of benzene rings is 2. The smallest absolute Gasteiger partial charge is 0.344 e. The second-order valence-corrected chi connectivity index (χ2v) is 5.45. The molecule has 4 aromatic rings. The van der Waals surface area contributed by atoms with Crippen molar-refractivity contribution < 1.29 is 4.42 Å². The van der Waals surface area contributed by atoms with E-state index >= 15 is 0 Å². The highest BCUT2D eigenvalue weighted by Crippen LogP contribution is 2.26. The molecule has 0 aliphatic carbocycles. The fourth-order valence-corrected chi connectivity index (χ4v) is 2.76. The molecule has 0 amide bonds. The summed E-state index contributed by atoms with van der Waals surface area (Å²) < 4.78 is 5.56. The number of aromatic nitrogens is 1. The van der Waals surface area contributed by atoms with Crippen molar-refractivity contribution in [1.82, 2.24) is 4.98 Å². The van der Waals surface area contributed by atoms with Crippen molar-refractivity contribution in [1.29, 1.82) is 0 Å². The topological polar surface area (TPSA) is 43.1 Å². The van der Waals surface area contributed by atoms with Crippen LogP contribution < -0.4 is 5.63 Å². The van der Waals surface area contributed by atoms with Gasteiger partial charge in [-0.15, -0.1) is 0 Å². The predicted octanol–water partition coefficient (Wildman–Crippen LogP) is 4.66. The normalized spacial score (nSPS) is 11.1. The minimum atomic E-state index is -0.383. The highest BCUT2D eigenvalue weighted by atomic mass is 35.5. The van der Waals surface area contributed by atoms with Crippen molar-refractivity contribution in [3.05, 3.63) is 76.2 Å². The standard InChI is InChI=1S/C18H10ClNO2/c19-13-5-3-4-11(8-13)15-9-12-10-20-16-7-2-1-6-14(16)17(12)22-18(15)21/h1-10H. The van der Waals surface area contributed by atoms with Crippen LogP contribution in [0.15, 0.2) is 70.0 Å². The van der Waals surface area contributed by atoms with Crippen molar-refractivity contribution in [2.45, 2.75) is 0 Å². The Bertz CT molecular complexity index is 1070. The Kier molecular flexibility index (Phi) is 2.94. The van der Waals surface area contributed by atoms with Crippen LogP contribution in [0.3, 0.4) is 0 Å². The molecule has 2 aromatic heterocycles. The van der Waals surface area contributed by atoms with Gasteiger partial charge in [0.1, 0.15) is 5.58 Å². The second-order valence-electron chi connectivity index (χ2n) is 5.02. The summed E-state index contributed by atoms with van der Waals surface area (Å²) in [6.07, 6.45) is 1.72. The van der Waals surface area contributed by atoms with E-state index in [0.717, 1.165) is 21.9 Å². The fourth-order valence-electron chi connectivity index (χ4n) is 2.57. The van der Waals surface area contributed by atoms with E-state index in [1.54, 1.807) is 30.5 Å². The summed E-state index contributed by atoms with van der Waals surface area (Å²) in [5.74, 6) is 0. The lowest BCUT2D eigenvalue weighted by atomic mass is 10.1. The van der Waals surface area contributed by atoms with Crippen molar-refractivity contribution in [2.24, 2.45) is 0 Å². The molecule has 106 valence electrons. The molecule has 0 aliphatic rings. The number of halogens is 1. The first-order valence-electron chi connectivity index (χ1n) is 6.80. The fraction of sp³-hybridized carbons (Fsp3) is 0. The van der Waals surface area contributed by atoms with Crippen LogP contribution >= 0.6 is 11.6 Å². The Hall–Kier alpha value is -2.65. The molecule has 2 heterocycles.